The normalized spacial score (nSPS) is 11.4. The highest BCUT2D eigenvalue weighted by Crippen LogP contribution is 2.05. The maximum atomic E-state index is 11.7. The summed E-state index contributed by atoms with van der Waals surface area (Å²) in [7, 11) is 0. The Labute approximate surface area is 130 Å². The number of carbonyl (C=O) groups is 1. The van der Waals surface area contributed by atoms with E-state index in [1.165, 1.54) is 6.21 Å². The Balaban J connectivity index is 1.85. The smallest absolute Gasteiger partial charge is 0.271 e. The van der Waals surface area contributed by atoms with Gasteiger partial charge in [0.05, 0.1) is 11.9 Å². The summed E-state index contributed by atoms with van der Waals surface area (Å²) in [6.45, 7) is 0. The summed E-state index contributed by atoms with van der Waals surface area (Å²) in [5.41, 5.74) is 6.68. The van der Waals surface area contributed by atoms with Crippen molar-refractivity contribution in [1.82, 2.24) is 5.43 Å². The van der Waals surface area contributed by atoms with E-state index in [0.717, 1.165) is 5.69 Å². The van der Waals surface area contributed by atoms with E-state index >= 15 is 0 Å². The van der Waals surface area contributed by atoms with Crippen molar-refractivity contribution in [3.05, 3.63) is 66.2 Å². The zero-order valence-electron chi connectivity index (χ0n) is 11.0. The van der Waals surface area contributed by atoms with Crippen molar-refractivity contribution in [2.45, 2.75) is 0 Å². The molecule has 0 atom stereocenters. The minimum Gasteiger partial charge on any atom is -0.277 e. The van der Waals surface area contributed by atoms with E-state index in [9.17, 15) is 4.79 Å². The van der Waals surface area contributed by atoms with Crippen LogP contribution in [-0.4, -0.2) is 16.7 Å². The summed E-state index contributed by atoms with van der Waals surface area (Å²) in [6, 6.07) is 18.4. The number of hydrogen-bond donors (Lipinski definition) is 2. The molecule has 2 aromatic carbocycles. The summed E-state index contributed by atoms with van der Waals surface area (Å²) in [4.78, 5) is 11.7. The van der Waals surface area contributed by atoms with E-state index in [1.54, 1.807) is 24.3 Å². The molecule has 0 bridgehead atoms. The highest BCUT2D eigenvalue weighted by Gasteiger charge is 2.01. The third kappa shape index (κ3) is 5.19. The third-order valence-electron chi connectivity index (χ3n) is 2.44. The molecule has 21 heavy (non-hydrogen) atoms. The molecule has 0 radical (unpaired) electrons. The van der Waals surface area contributed by atoms with E-state index in [1.807, 2.05) is 36.4 Å². The molecule has 0 fully saturated rings. The number of rotatable bonds is 5. The lowest BCUT2D eigenvalue weighted by molar-refractivity contribution is 0.0955. The van der Waals surface area contributed by atoms with Crippen molar-refractivity contribution in [1.29, 1.82) is 0 Å². The molecule has 0 spiro atoms. The van der Waals surface area contributed by atoms with Crippen molar-refractivity contribution in [2.75, 3.05) is 5.43 Å². The highest BCUT2D eigenvalue weighted by atomic mass is 79.9. The number of benzene rings is 2. The van der Waals surface area contributed by atoms with E-state index in [0.29, 0.717) is 10.2 Å². The molecule has 5 nitrogen and oxygen atoms in total. The lowest BCUT2D eigenvalue weighted by atomic mass is 10.2. The molecule has 0 aliphatic heterocycles. The standard InChI is InChI=1S/C15H13BrN4O/c16-14(19-18-13-9-5-2-6-10-13)11-17-20-15(21)12-7-3-1-4-8-12/h1-11,18H,(H,20,21). The monoisotopic (exact) mass is 344 g/mol. The molecule has 0 unspecified atom stereocenters. The molecule has 2 N–H and O–H groups in total. The van der Waals surface area contributed by atoms with Crippen molar-refractivity contribution >= 4 is 38.4 Å². The van der Waals surface area contributed by atoms with Gasteiger partial charge >= 0.3 is 0 Å². The van der Waals surface area contributed by atoms with E-state index in [-0.39, 0.29) is 5.91 Å². The highest BCUT2D eigenvalue weighted by molar-refractivity contribution is 9.19. The molecule has 0 aliphatic rings. The van der Waals surface area contributed by atoms with E-state index < -0.39 is 0 Å². The minimum atomic E-state index is -0.275. The number of carbonyl (C=O) groups excluding carboxylic acids is 1. The van der Waals surface area contributed by atoms with E-state index in [4.69, 9.17) is 0 Å². The average molecular weight is 345 g/mol. The second kappa shape index (κ2) is 7.96. The number of anilines is 1. The maximum Gasteiger partial charge on any atom is 0.271 e. The van der Waals surface area contributed by atoms with Gasteiger partial charge in [-0.15, -0.1) is 0 Å². The number of para-hydroxylation sites is 1. The summed E-state index contributed by atoms with van der Waals surface area (Å²) in [5.74, 6) is -0.275. The Hall–Kier alpha value is -2.47. The number of amides is 1. The Bertz CT molecular complexity index is 641. The van der Waals surface area contributed by atoms with Crippen molar-refractivity contribution in [3.8, 4) is 0 Å². The van der Waals surface area contributed by atoms with Crippen LogP contribution in [0.1, 0.15) is 10.4 Å². The second-order valence-corrected chi connectivity index (χ2v) is 4.79. The van der Waals surface area contributed by atoms with Crippen molar-refractivity contribution in [2.24, 2.45) is 10.2 Å². The summed E-state index contributed by atoms with van der Waals surface area (Å²) in [6.07, 6.45) is 1.40. The van der Waals surface area contributed by atoms with Crippen LogP contribution < -0.4 is 10.9 Å². The number of nitrogens with zero attached hydrogens (tertiary/aromatic N) is 2. The van der Waals surface area contributed by atoms with Crippen molar-refractivity contribution in [3.63, 3.8) is 0 Å². The lowest BCUT2D eigenvalue weighted by Crippen LogP contribution is -2.17. The van der Waals surface area contributed by atoms with Crippen LogP contribution in [0.25, 0.3) is 0 Å². The number of hydrazone groups is 2. The molecule has 0 aliphatic carbocycles. The van der Waals surface area contributed by atoms with Gasteiger partial charge in [0.25, 0.3) is 5.91 Å². The molecular weight excluding hydrogens is 332 g/mol. The largest absolute Gasteiger partial charge is 0.277 e. The predicted octanol–water partition coefficient (Wildman–Crippen LogP) is 3.22. The first-order valence-electron chi connectivity index (χ1n) is 6.18. The first-order chi connectivity index (χ1) is 10.3. The molecule has 0 aromatic heterocycles. The second-order valence-electron chi connectivity index (χ2n) is 3.98. The van der Waals surface area contributed by atoms with Crippen LogP contribution in [0.15, 0.2) is 70.9 Å². The Morgan fingerprint density at radius 2 is 1.62 bits per heavy atom. The van der Waals surface area contributed by atoms with Gasteiger partial charge in [-0.2, -0.15) is 10.2 Å². The van der Waals surface area contributed by atoms with Gasteiger partial charge in [0.15, 0.2) is 0 Å². The first kappa shape index (κ1) is 14.9. The van der Waals surface area contributed by atoms with Gasteiger partial charge in [0, 0.05) is 5.56 Å². The van der Waals surface area contributed by atoms with Gasteiger partial charge in [0.1, 0.15) is 4.62 Å². The van der Waals surface area contributed by atoms with Crippen LogP contribution in [-0.2, 0) is 0 Å². The fraction of sp³-hybridized carbons (Fsp3) is 0. The van der Waals surface area contributed by atoms with Gasteiger partial charge in [-0.3, -0.25) is 10.2 Å². The molecular formula is C15H13BrN4O. The Morgan fingerprint density at radius 1 is 1.00 bits per heavy atom. The fourth-order valence-corrected chi connectivity index (χ4v) is 1.65. The molecule has 0 heterocycles. The lowest BCUT2D eigenvalue weighted by Gasteiger charge is -1.99. The van der Waals surface area contributed by atoms with Gasteiger partial charge in [0.2, 0.25) is 0 Å². The summed E-state index contributed by atoms with van der Waals surface area (Å²) >= 11 is 3.23. The van der Waals surface area contributed by atoms with Gasteiger partial charge in [-0.05, 0) is 40.2 Å². The quantitative estimate of drug-likeness (QED) is 0.645. The predicted molar refractivity (Wildman–Crippen MR) is 88.8 cm³/mol. The van der Waals surface area contributed by atoms with Crippen molar-refractivity contribution < 1.29 is 4.79 Å². The summed E-state index contributed by atoms with van der Waals surface area (Å²) in [5, 5.41) is 7.86. The molecule has 2 aromatic rings. The molecule has 2 rings (SSSR count). The summed E-state index contributed by atoms with van der Waals surface area (Å²) < 4.78 is 0.458. The topological polar surface area (TPSA) is 65.8 Å². The Morgan fingerprint density at radius 3 is 2.29 bits per heavy atom. The molecule has 106 valence electrons. The van der Waals surface area contributed by atoms with Crippen LogP contribution in [0.5, 0.6) is 0 Å². The van der Waals surface area contributed by atoms with Gasteiger partial charge < -0.3 is 0 Å². The Kier molecular flexibility index (Phi) is 5.66. The fourth-order valence-electron chi connectivity index (χ4n) is 1.46. The van der Waals surface area contributed by atoms with Crippen LogP contribution in [0.4, 0.5) is 5.69 Å². The van der Waals surface area contributed by atoms with Crippen LogP contribution >= 0.6 is 15.9 Å². The molecule has 0 saturated carbocycles. The van der Waals surface area contributed by atoms with Crippen LogP contribution in [0, 0.1) is 0 Å². The first-order valence-corrected chi connectivity index (χ1v) is 6.98. The number of halogens is 1. The zero-order valence-corrected chi connectivity index (χ0v) is 12.6. The van der Waals surface area contributed by atoms with Crippen LogP contribution in [0.3, 0.4) is 0 Å². The average Bonchev–Trinajstić information content (AvgIpc) is 2.54. The third-order valence-corrected chi connectivity index (χ3v) is 2.82. The SMILES string of the molecule is O=C(NN=CC(Br)=NNc1ccccc1)c1ccccc1. The minimum absolute atomic E-state index is 0.275. The van der Waals surface area contributed by atoms with E-state index in [2.05, 4.69) is 37.0 Å². The molecule has 1 amide bonds. The molecule has 0 saturated heterocycles. The molecule has 6 heteroatoms. The number of hydrogen-bond acceptors (Lipinski definition) is 4. The number of nitrogens with one attached hydrogen (secondary N) is 2. The van der Waals surface area contributed by atoms with Crippen LogP contribution in [0.2, 0.25) is 0 Å². The van der Waals surface area contributed by atoms with Gasteiger partial charge in [-0.1, -0.05) is 36.4 Å². The van der Waals surface area contributed by atoms with Gasteiger partial charge in [-0.25, -0.2) is 5.43 Å². The zero-order chi connectivity index (χ0) is 14.9. The maximum absolute atomic E-state index is 11.7.